The van der Waals surface area contributed by atoms with Crippen LogP contribution in [0.5, 0.6) is 0 Å². The van der Waals surface area contributed by atoms with Crippen molar-refractivity contribution in [3.63, 3.8) is 0 Å². The van der Waals surface area contributed by atoms with Gasteiger partial charge in [0.2, 0.25) is 5.43 Å². The van der Waals surface area contributed by atoms with E-state index in [4.69, 9.17) is 4.42 Å². The molecule has 0 aliphatic carbocycles. The van der Waals surface area contributed by atoms with Crippen LogP contribution < -0.4 is 5.43 Å². The maximum Gasteiger partial charge on any atom is 0.200 e. The summed E-state index contributed by atoms with van der Waals surface area (Å²) < 4.78 is 8.62. The number of rotatable bonds is 2. The molecule has 0 bridgehead atoms. The van der Waals surface area contributed by atoms with E-state index in [1.807, 2.05) is 42.5 Å². The third-order valence-electron chi connectivity index (χ3n) is 11.0. The first-order valence-electron chi connectivity index (χ1n) is 16.1. The van der Waals surface area contributed by atoms with Crippen molar-refractivity contribution < 1.29 is 4.42 Å². The summed E-state index contributed by atoms with van der Waals surface area (Å²) in [6.45, 7) is 9.51. The van der Waals surface area contributed by atoms with Gasteiger partial charge in [-0.3, -0.25) is 4.79 Å². The molecule has 0 fully saturated rings. The van der Waals surface area contributed by atoms with Crippen molar-refractivity contribution in [2.75, 3.05) is 0 Å². The van der Waals surface area contributed by atoms with E-state index in [1.165, 1.54) is 60.9 Å². The topological polar surface area (TPSA) is 35.1 Å². The quantitative estimate of drug-likeness (QED) is 0.187. The summed E-state index contributed by atoms with van der Waals surface area (Å²) >= 11 is 0. The highest BCUT2D eigenvalue weighted by molar-refractivity contribution is 6.15. The fourth-order valence-corrected chi connectivity index (χ4v) is 8.49. The van der Waals surface area contributed by atoms with Crippen LogP contribution in [0.4, 0.5) is 0 Å². The average Bonchev–Trinajstić information content (AvgIpc) is 3.41. The molecule has 3 nitrogen and oxygen atoms in total. The summed E-state index contributed by atoms with van der Waals surface area (Å²) in [6.07, 6.45) is 0. The lowest BCUT2D eigenvalue weighted by Gasteiger charge is -2.42. The number of hydrogen-bond donors (Lipinski definition) is 0. The Balaban J connectivity index is 1.16. The van der Waals surface area contributed by atoms with Crippen LogP contribution in [-0.2, 0) is 10.8 Å². The molecule has 0 spiro atoms. The maximum absolute atomic E-state index is 13.3. The summed E-state index contributed by atoms with van der Waals surface area (Å²) in [4.78, 5) is 13.3. The van der Waals surface area contributed by atoms with E-state index in [2.05, 4.69) is 105 Å². The molecule has 0 atom stereocenters. The molecule has 0 unspecified atom stereocenters. The molecule has 2 aliphatic heterocycles. The predicted molar refractivity (Wildman–Crippen MR) is 189 cm³/mol. The molecule has 10 rings (SSSR count). The highest BCUT2D eigenvalue weighted by Gasteiger charge is 2.43. The first kappa shape index (κ1) is 25.9. The van der Waals surface area contributed by atoms with E-state index in [9.17, 15) is 4.79 Å². The molecule has 4 heterocycles. The van der Waals surface area contributed by atoms with Gasteiger partial charge in [-0.2, -0.15) is 0 Å². The summed E-state index contributed by atoms with van der Waals surface area (Å²) in [5.74, 6) is 0. The summed E-state index contributed by atoms with van der Waals surface area (Å²) in [7, 11) is 0. The minimum Gasteiger partial charge on any atom is -0.456 e. The van der Waals surface area contributed by atoms with Crippen LogP contribution in [-0.4, -0.2) is 4.57 Å². The van der Waals surface area contributed by atoms with E-state index in [-0.39, 0.29) is 16.3 Å². The Kier molecular flexibility index (Phi) is 4.75. The summed E-state index contributed by atoms with van der Waals surface area (Å²) in [5.41, 5.74) is 15.0. The van der Waals surface area contributed by atoms with Crippen LogP contribution in [0.15, 0.2) is 124 Å². The van der Waals surface area contributed by atoms with E-state index < -0.39 is 0 Å². The lowest BCUT2D eigenvalue weighted by Crippen LogP contribution is -2.33. The normalized spacial score (nSPS) is 15.4. The molecule has 0 saturated heterocycles. The minimum absolute atomic E-state index is 0.00330. The first-order chi connectivity index (χ1) is 22.2. The van der Waals surface area contributed by atoms with Crippen LogP contribution >= 0.6 is 0 Å². The number of benzene rings is 6. The molecule has 8 aromatic rings. The van der Waals surface area contributed by atoms with E-state index in [0.29, 0.717) is 21.9 Å². The lowest BCUT2D eigenvalue weighted by molar-refractivity contribution is 0.594. The average molecular weight is 594 g/mol. The lowest BCUT2D eigenvalue weighted by atomic mass is 9.68. The SMILES string of the molecule is CC1(C)c2cccc3c2-n2c4c1cccc4c1cc(-c4ccc(-c5ccc6oc7ccccc7c(=O)c6c5)cc4)cc(c12)C3(C)C. The summed E-state index contributed by atoms with van der Waals surface area (Å²) in [5, 5.41) is 3.84. The van der Waals surface area contributed by atoms with Crippen LogP contribution in [0.1, 0.15) is 49.9 Å². The van der Waals surface area contributed by atoms with Crippen molar-refractivity contribution in [3.8, 4) is 27.9 Å². The molecular weight excluding hydrogens is 562 g/mol. The predicted octanol–water partition coefficient (Wildman–Crippen LogP) is 10.7. The second kappa shape index (κ2) is 8.44. The Morgan fingerprint density at radius 3 is 1.83 bits per heavy atom. The van der Waals surface area contributed by atoms with Crippen molar-refractivity contribution in [3.05, 3.63) is 148 Å². The van der Waals surface area contributed by atoms with Gasteiger partial charge in [0.15, 0.2) is 0 Å². The number of para-hydroxylation sites is 3. The molecule has 220 valence electrons. The van der Waals surface area contributed by atoms with E-state index in [0.717, 1.165) is 11.1 Å². The summed E-state index contributed by atoms with van der Waals surface area (Å²) in [6, 6.07) is 40.7. The zero-order valence-electron chi connectivity index (χ0n) is 26.2. The molecule has 46 heavy (non-hydrogen) atoms. The van der Waals surface area contributed by atoms with Gasteiger partial charge in [-0.25, -0.2) is 0 Å². The fraction of sp³-hybridized carbons (Fsp3) is 0.140. The number of aromatic nitrogens is 1. The van der Waals surface area contributed by atoms with Crippen LogP contribution in [0.25, 0.3) is 71.7 Å². The van der Waals surface area contributed by atoms with Crippen LogP contribution in [0.2, 0.25) is 0 Å². The Morgan fingerprint density at radius 2 is 1.04 bits per heavy atom. The zero-order chi connectivity index (χ0) is 31.1. The Labute approximate surface area is 266 Å². The van der Waals surface area contributed by atoms with Gasteiger partial charge in [-0.05, 0) is 80.9 Å². The smallest absolute Gasteiger partial charge is 0.200 e. The first-order valence-corrected chi connectivity index (χ1v) is 16.1. The van der Waals surface area contributed by atoms with Crippen LogP contribution in [0, 0.1) is 0 Å². The standard InChI is InChI=1S/C43H31NO2/c1-42(2)32-11-7-10-28-30-22-27(23-35-39(30)44(38(28)32)40-33(42)12-8-13-34(40)43(35,3)4)25-17-15-24(16-18-25)26-19-20-37-31(21-26)41(45)29-9-5-6-14-36(29)46-37/h5-23H,1-4H3. The highest BCUT2D eigenvalue weighted by atomic mass is 16.3. The fourth-order valence-electron chi connectivity index (χ4n) is 8.49. The van der Waals surface area contributed by atoms with Gasteiger partial charge in [0.1, 0.15) is 11.2 Å². The van der Waals surface area contributed by atoms with Crippen molar-refractivity contribution >= 4 is 43.7 Å². The molecular formula is C43H31NO2. The molecule has 0 amide bonds. The van der Waals surface area contributed by atoms with E-state index in [1.54, 1.807) is 0 Å². The molecule has 0 saturated carbocycles. The van der Waals surface area contributed by atoms with Gasteiger partial charge in [0.25, 0.3) is 0 Å². The Hall–Kier alpha value is -5.41. The van der Waals surface area contributed by atoms with Gasteiger partial charge in [-0.15, -0.1) is 0 Å². The van der Waals surface area contributed by atoms with E-state index >= 15 is 0 Å². The number of hydrogen-bond acceptors (Lipinski definition) is 2. The second-order valence-electron chi connectivity index (χ2n) is 14.1. The number of fused-ring (bicyclic) bond motifs is 3. The highest BCUT2D eigenvalue weighted by Crippen LogP contribution is 2.55. The van der Waals surface area contributed by atoms with Crippen molar-refractivity contribution in [1.29, 1.82) is 0 Å². The van der Waals surface area contributed by atoms with Gasteiger partial charge in [-0.1, -0.05) is 107 Å². The molecule has 6 aromatic carbocycles. The maximum atomic E-state index is 13.3. The number of nitrogens with zero attached hydrogens (tertiary/aromatic N) is 1. The molecule has 2 aliphatic rings. The second-order valence-corrected chi connectivity index (χ2v) is 14.1. The molecule has 0 N–H and O–H groups in total. The Morgan fingerprint density at radius 1 is 0.478 bits per heavy atom. The van der Waals surface area contributed by atoms with Gasteiger partial charge in [0, 0.05) is 21.6 Å². The third kappa shape index (κ3) is 3.10. The molecule has 0 radical (unpaired) electrons. The Bertz CT molecular complexity index is 2700. The minimum atomic E-state index is -0.159. The largest absolute Gasteiger partial charge is 0.456 e. The third-order valence-corrected chi connectivity index (χ3v) is 11.0. The van der Waals surface area contributed by atoms with Crippen molar-refractivity contribution in [2.24, 2.45) is 0 Å². The van der Waals surface area contributed by atoms with Gasteiger partial charge < -0.3 is 8.98 Å². The van der Waals surface area contributed by atoms with Crippen molar-refractivity contribution in [1.82, 2.24) is 4.57 Å². The molecule has 3 heteroatoms. The molecule has 2 aromatic heterocycles. The van der Waals surface area contributed by atoms with Gasteiger partial charge in [0.05, 0.1) is 27.5 Å². The van der Waals surface area contributed by atoms with Gasteiger partial charge >= 0.3 is 0 Å². The zero-order valence-corrected chi connectivity index (χ0v) is 26.2. The van der Waals surface area contributed by atoms with Crippen molar-refractivity contribution in [2.45, 2.75) is 38.5 Å². The van der Waals surface area contributed by atoms with Crippen LogP contribution in [0.3, 0.4) is 0 Å². The monoisotopic (exact) mass is 593 g/mol.